The molecule has 1 aromatic carbocycles. The number of hydrogen-bond acceptors (Lipinski definition) is 3. The summed E-state index contributed by atoms with van der Waals surface area (Å²) in [7, 11) is 0. The van der Waals surface area contributed by atoms with Crippen LogP contribution in [0.5, 0.6) is 5.75 Å². The fourth-order valence-corrected chi connectivity index (χ4v) is 1.25. The molecule has 0 saturated carbocycles. The number of carbonyl (C=O) groups is 1. The van der Waals surface area contributed by atoms with Gasteiger partial charge in [0.2, 0.25) is 0 Å². The van der Waals surface area contributed by atoms with Crippen LogP contribution in [0.1, 0.15) is 10.4 Å². The highest BCUT2D eigenvalue weighted by Crippen LogP contribution is 2.25. The summed E-state index contributed by atoms with van der Waals surface area (Å²) in [6.07, 6.45) is 0. The first kappa shape index (κ1) is 9.11. The Bertz CT molecular complexity index is 338. The second-order valence-electron chi connectivity index (χ2n) is 2.20. The van der Waals surface area contributed by atoms with Gasteiger partial charge in [-0.3, -0.25) is 0 Å². The number of anilines is 1. The van der Waals surface area contributed by atoms with Gasteiger partial charge in [0, 0.05) is 5.69 Å². The summed E-state index contributed by atoms with van der Waals surface area (Å²) < 4.78 is 0.537. The molecule has 0 aliphatic heterocycles. The first-order chi connectivity index (χ1) is 5.52. The second kappa shape index (κ2) is 3.18. The van der Waals surface area contributed by atoms with E-state index in [9.17, 15) is 4.79 Å². The number of benzene rings is 1. The molecule has 1 rings (SSSR count). The van der Waals surface area contributed by atoms with Crippen LogP contribution in [-0.4, -0.2) is 16.2 Å². The smallest absolute Gasteiger partial charge is 0.337 e. The molecule has 0 aliphatic carbocycles. The van der Waals surface area contributed by atoms with Crippen molar-refractivity contribution in [3.8, 4) is 5.75 Å². The van der Waals surface area contributed by atoms with Crippen LogP contribution in [0.25, 0.3) is 0 Å². The van der Waals surface area contributed by atoms with E-state index < -0.39 is 5.97 Å². The molecule has 64 valence electrons. The molecule has 0 bridgehead atoms. The largest absolute Gasteiger partial charge is 0.507 e. The number of rotatable bonds is 1. The van der Waals surface area contributed by atoms with Gasteiger partial charge in [-0.05, 0) is 34.7 Å². The van der Waals surface area contributed by atoms with Crippen molar-refractivity contribution in [2.45, 2.75) is 0 Å². The third kappa shape index (κ3) is 1.60. The quantitative estimate of drug-likeness (QED) is 0.411. The Labute approximate surface area is 82.1 Å². The number of phenolic OH excluding ortho intramolecular Hbond substituents is 1. The van der Waals surface area contributed by atoms with E-state index in [-0.39, 0.29) is 17.0 Å². The summed E-state index contributed by atoms with van der Waals surface area (Å²) in [6.45, 7) is 0. The van der Waals surface area contributed by atoms with Gasteiger partial charge in [0.1, 0.15) is 5.75 Å². The molecule has 0 atom stereocenters. The predicted molar refractivity (Wildman–Crippen MR) is 52.2 cm³/mol. The van der Waals surface area contributed by atoms with Gasteiger partial charge in [0.05, 0.1) is 9.13 Å². The average molecular weight is 279 g/mol. The highest BCUT2D eigenvalue weighted by atomic mass is 127. The lowest BCUT2D eigenvalue weighted by atomic mass is 10.2. The fourth-order valence-electron chi connectivity index (χ4n) is 0.762. The number of halogens is 1. The Kier molecular flexibility index (Phi) is 2.41. The van der Waals surface area contributed by atoms with Crippen molar-refractivity contribution >= 4 is 34.2 Å². The highest BCUT2D eigenvalue weighted by Gasteiger charge is 2.10. The van der Waals surface area contributed by atoms with Crippen LogP contribution in [0.4, 0.5) is 5.69 Å². The number of aromatic carboxylic acids is 1. The normalized spacial score (nSPS) is 9.75. The summed E-state index contributed by atoms with van der Waals surface area (Å²) in [5.74, 6) is -1.21. The standard InChI is InChI=1S/C7H6INO3/c8-4-2-5(9)3(7(11)12)1-6(4)10/h1-2,10H,9H2,(H,11,12). The van der Waals surface area contributed by atoms with Crippen molar-refractivity contribution in [3.63, 3.8) is 0 Å². The SMILES string of the molecule is Nc1cc(I)c(O)cc1C(=O)O. The molecule has 0 aliphatic rings. The zero-order chi connectivity index (χ0) is 9.30. The molecule has 0 amide bonds. The molecule has 5 heteroatoms. The number of phenols is 1. The minimum atomic E-state index is -1.14. The predicted octanol–water partition coefficient (Wildman–Crippen LogP) is 1.28. The lowest BCUT2D eigenvalue weighted by Gasteiger charge is -2.02. The third-order valence-corrected chi connectivity index (χ3v) is 2.21. The van der Waals surface area contributed by atoms with Crippen molar-refractivity contribution in [1.29, 1.82) is 0 Å². The molecular weight excluding hydrogens is 273 g/mol. The average Bonchev–Trinajstić information content (AvgIpc) is 1.96. The molecule has 0 spiro atoms. The maximum absolute atomic E-state index is 10.5. The van der Waals surface area contributed by atoms with E-state index in [1.165, 1.54) is 6.07 Å². The Morgan fingerprint density at radius 2 is 2.08 bits per heavy atom. The zero-order valence-electron chi connectivity index (χ0n) is 5.91. The molecule has 0 fully saturated rings. The number of carboxylic acids is 1. The Balaban J connectivity index is 3.33. The second-order valence-corrected chi connectivity index (χ2v) is 3.36. The van der Waals surface area contributed by atoms with E-state index in [0.717, 1.165) is 6.07 Å². The van der Waals surface area contributed by atoms with Gasteiger partial charge in [-0.25, -0.2) is 4.79 Å². The van der Waals surface area contributed by atoms with E-state index >= 15 is 0 Å². The topological polar surface area (TPSA) is 83.5 Å². The summed E-state index contributed by atoms with van der Waals surface area (Å²) in [5, 5.41) is 17.7. The van der Waals surface area contributed by atoms with Crippen molar-refractivity contribution < 1.29 is 15.0 Å². The summed E-state index contributed by atoms with van der Waals surface area (Å²) in [5.41, 5.74) is 5.48. The van der Waals surface area contributed by atoms with Crippen LogP contribution in [0, 0.1) is 3.57 Å². The van der Waals surface area contributed by atoms with Crippen molar-refractivity contribution in [3.05, 3.63) is 21.3 Å². The summed E-state index contributed by atoms with van der Waals surface area (Å²) in [6, 6.07) is 2.55. The lowest BCUT2D eigenvalue weighted by Crippen LogP contribution is -2.02. The van der Waals surface area contributed by atoms with Gasteiger partial charge >= 0.3 is 5.97 Å². The Morgan fingerprint density at radius 3 is 2.58 bits per heavy atom. The number of nitrogen functional groups attached to an aromatic ring is 1. The van der Waals surface area contributed by atoms with Crippen LogP contribution in [0.15, 0.2) is 12.1 Å². The molecule has 0 unspecified atom stereocenters. The van der Waals surface area contributed by atoms with Gasteiger partial charge < -0.3 is 15.9 Å². The first-order valence-electron chi connectivity index (χ1n) is 3.03. The van der Waals surface area contributed by atoms with Crippen molar-refractivity contribution in [2.75, 3.05) is 5.73 Å². The van der Waals surface area contributed by atoms with Crippen molar-refractivity contribution in [1.82, 2.24) is 0 Å². The molecular formula is C7H6INO3. The Morgan fingerprint density at radius 1 is 1.50 bits per heavy atom. The van der Waals surface area contributed by atoms with Gasteiger partial charge in [0.15, 0.2) is 0 Å². The molecule has 0 radical (unpaired) electrons. The molecule has 0 aromatic heterocycles. The molecule has 0 saturated heterocycles. The minimum Gasteiger partial charge on any atom is -0.507 e. The van der Waals surface area contributed by atoms with Crippen LogP contribution < -0.4 is 5.73 Å². The third-order valence-electron chi connectivity index (χ3n) is 1.35. The van der Waals surface area contributed by atoms with Gasteiger partial charge in [0.25, 0.3) is 0 Å². The van der Waals surface area contributed by atoms with Gasteiger partial charge in [-0.1, -0.05) is 0 Å². The van der Waals surface area contributed by atoms with E-state index in [4.69, 9.17) is 15.9 Å². The maximum atomic E-state index is 10.5. The van der Waals surface area contributed by atoms with Crippen molar-refractivity contribution in [2.24, 2.45) is 0 Å². The minimum absolute atomic E-state index is 0.0674. The van der Waals surface area contributed by atoms with E-state index in [1.807, 2.05) is 22.6 Å². The summed E-state index contributed by atoms with van der Waals surface area (Å²) in [4.78, 5) is 10.5. The molecule has 0 heterocycles. The van der Waals surface area contributed by atoms with Crippen LogP contribution in [0.3, 0.4) is 0 Å². The van der Waals surface area contributed by atoms with Crippen LogP contribution >= 0.6 is 22.6 Å². The number of nitrogens with two attached hydrogens (primary N) is 1. The molecule has 12 heavy (non-hydrogen) atoms. The number of carboxylic acid groups (broad SMARTS) is 1. The van der Waals surface area contributed by atoms with E-state index in [1.54, 1.807) is 0 Å². The Hall–Kier alpha value is -0.980. The van der Waals surface area contributed by atoms with Gasteiger partial charge in [-0.2, -0.15) is 0 Å². The van der Waals surface area contributed by atoms with Gasteiger partial charge in [-0.15, -0.1) is 0 Å². The molecule has 4 nitrogen and oxygen atoms in total. The first-order valence-corrected chi connectivity index (χ1v) is 4.11. The molecule has 4 N–H and O–H groups in total. The van der Waals surface area contributed by atoms with Crippen LogP contribution in [0.2, 0.25) is 0 Å². The van der Waals surface area contributed by atoms with E-state index in [0.29, 0.717) is 3.57 Å². The fraction of sp³-hybridized carbons (Fsp3) is 0. The number of hydrogen-bond donors (Lipinski definition) is 3. The number of aromatic hydroxyl groups is 1. The maximum Gasteiger partial charge on any atom is 0.337 e. The monoisotopic (exact) mass is 279 g/mol. The van der Waals surface area contributed by atoms with Crippen LogP contribution in [-0.2, 0) is 0 Å². The van der Waals surface area contributed by atoms with E-state index in [2.05, 4.69) is 0 Å². The highest BCUT2D eigenvalue weighted by molar-refractivity contribution is 14.1. The zero-order valence-corrected chi connectivity index (χ0v) is 8.07. The summed E-state index contributed by atoms with van der Waals surface area (Å²) >= 11 is 1.87. The lowest BCUT2D eigenvalue weighted by molar-refractivity contribution is 0.0697. The molecule has 1 aromatic rings.